The molecule has 0 N–H and O–H groups in total. The number of rotatable bonds is 0. The fraction of sp³-hybridized carbons (Fsp3) is 0.231. The molecule has 0 saturated carbocycles. The molecule has 0 nitrogen and oxygen atoms in total. The van der Waals surface area contributed by atoms with E-state index in [0.29, 0.717) is 0 Å². The van der Waals surface area contributed by atoms with E-state index in [9.17, 15) is 0 Å². The van der Waals surface area contributed by atoms with E-state index in [2.05, 4.69) is 51.1 Å². The average Bonchev–Trinajstić information content (AvgIpc) is 2.02. The van der Waals surface area contributed by atoms with Gasteiger partial charge in [-0.1, -0.05) is 41.5 Å². The fourth-order valence-electron chi connectivity index (χ4n) is 1.87. The highest BCUT2D eigenvalue weighted by molar-refractivity contribution is 5.86. The van der Waals surface area contributed by atoms with E-state index in [0.717, 1.165) is 0 Å². The van der Waals surface area contributed by atoms with Crippen LogP contribution in [-0.2, 0) is 0 Å². The van der Waals surface area contributed by atoms with E-state index in [1.807, 2.05) is 0 Å². The Hall–Kier alpha value is -1.30. The van der Waals surface area contributed by atoms with Gasteiger partial charge in [0, 0.05) is 0 Å². The van der Waals surface area contributed by atoms with Gasteiger partial charge in [0.2, 0.25) is 0 Å². The SMILES string of the molecule is Cc1ccc2c(C)cc(C)cc2c1. The first-order chi connectivity index (χ1) is 6.16. The summed E-state index contributed by atoms with van der Waals surface area (Å²) in [6.07, 6.45) is 0. The minimum atomic E-state index is 1.33. The lowest BCUT2D eigenvalue weighted by Gasteiger charge is -2.04. The van der Waals surface area contributed by atoms with E-state index in [-0.39, 0.29) is 0 Å². The van der Waals surface area contributed by atoms with E-state index < -0.39 is 0 Å². The van der Waals surface area contributed by atoms with Crippen molar-refractivity contribution in [2.24, 2.45) is 0 Å². The Labute approximate surface area is 79.2 Å². The lowest BCUT2D eigenvalue weighted by Crippen LogP contribution is -1.82. The molecule has 0 aliphatic heterocycles. The molecule has 66 valence electrons. The molecule has 0 aromatic heterocycles. The first-order valence-electron chi connectivity index (χ1n) is 4.64. The summed E-state index contributed by atoms with van der Waals surface area (Å²) in [6, 6.07) is 11.1. The number of hydrogen-bond donors (Lipinski definition) is 0. The number of aryl methyl sites for hydroxylation is 3. The van der Waals surface area contributed by atoms with Gasteiger partial charge in [-0.15, -0.1) is 0 Å². The lowest BCUT2D eigenvalue weighted by molar-refractivity contribution is 1.41. The Bertz CT molecular complexity index is 448. The van der Waals surface area contributed by atoms with Crippen LogP contribution in [-0.4, -0.2) is 0 Å². The molecular weight excluding hydrogens is 156 g/mol. The van der Waals surface area contributed by atoms with Crippen molar-refractivity contribution in [3.05, 3.63) is 47.0 Å². The molecule has 0 aliphatic carbocycles. The molecule has 2 aromatic carbocycles. The van der Waals surface area contributed by atoms with Gasteiger partial charge in [-0.25, -0.2) is 0 Å². The summed E-state index contributed by atoms with van der Waals surface area (Å²) < 4.78 is 0. The molecule has 0 fully saturated rings. The predicted molar refractivity (Wildman–Crippen MR) is 58.2 cm³/mol. The van der Waals surface area contributed by atoms with Gasteiger partial charge in [0.15, 0.2) is 0 Å². The maximum absolute atomic E-state index is 2.25. The molecule has 13 heavy (non-hydrogen) atoms. The van der Waals surface area contributed by atoms with Crippen molar-refractivity contribution < 1.29 is 0 Å². The first-order valence-corrected chi connectivity index (χ1v) is 4.64. The lowest BCUT2D eigenvalue weighted by atomic mass is 10.0. The zero-order valence-corrected chi connectivity index (χ0v) is 8.39. The van der Waals surface area contributed by atoms with E-state index >= 15 is 0 Å². The summed E-state index contributed by atoms with van der Waals surface area (Å²) in [5.41, 5.74) is 4.04. The monoisotopic (exact) mass is 170 g/mol. The van der Waals surface area contributed by atoms with Gasteiger partial charge in [0.05, 0.1) is 0 Å². The maximum Gasteiger partial charge on any atom is -0.0154 e. The van der Waals surface area contributed by atoms with Gasteiger partial charge in [-0.2, -0.15) is 0 Å². The third-order valence-electron chi connectivity index (χ3n) is 2.46. The number of fused-ring (bicyclic) bond motifs is 1. The Kier molecular flexibility index (Phi) is 1.84. The molecule has 2 rings (SSSR count). The Morgan fingerprint density at radius 2 is 1.46 bits per heavy atom. The Morgan fingerprint density at radius 3 is 2.23 bits per heavy atom. The normalized spacial score (nSPS) is 10.7. The Balaban J connectivity index is 2.86. The molecule has 0 atom stereocenters. The quantitative estimate of drug-likeness (QED) is 0.564. The molecule has 0 unspecified atom stereocenters. The van der Waals surface area contributed by atoms with Gasteiger partial charge < -0.3 is 0 Å². The van der Waals surface area contributed by atoms with Crippen LogP contribution < -0.4 is 0 Å². The second-order valence-electron chi connectivity index (χ2n) is 3.81. The summed E-state index contributed by atoms with van der Waals surface area (Å²) in [4.78, 5) is 0. The molecule has 0 radical (unpaired) electrons. The summed E-state index contributed by atoms with van der Waals surface area (Å²) in [5.74, 6) is 0. The summed E-state index contributed by atoms with van der Waals surface area (Å²) >= 11 is 0. The van der Waals surface area contributed by atoms with Crippen molar-refractivity contribution in [3.63, 3.8) is 0 Å². The van der Waals surface area contributed by atoms with Crippen molar-refractivity contribution in [1.82, 2.24) is 0 Å². The second kappa shape index (κ2) is 2.88. The van der Waals surface area contributed by atoms with Crippen LogP contribution >= 0.6 is 0 Å². The largest absolute Gasteiger partial charge is 0.0587 e. The van der Waals surface area contributed by atoms with Crippen LogP contribution in [0.15, 0.2) is 30.3 Å². The van der Waals surface area contributed by atoms with Crippen molar-refractivity contribution >= 4 is 10.8 Å². The van der Waals surface area contributed by atoms with Crippen molar-refractivity contribution in [1.29, 1.82) is 0 Å². The molecule has 0 heterocycles. The smallest absolute Gasteiger partial charge is 0.0154 e. The van der Waals surface area contributed by atoms with Crippen LogP contribution in [0.4, 0.5) is 0 Å². The zero-order valence-electron chi connectivity index (χ0n) is 8.39. The van der Waals surface area contributed by atoms with Crippen LogP contribution in [0.3, 0.4) is 0 Å². The fourth-order valence-corrected chi connectivity index (χ4v) is 1.87. The average molecular weight is 170 g/mol. The topological polar surface area (TPSA) is 0 Å². The highest BCUT2D eigenvalue weighted by Gasteiger charge is 1.97. The predicted octanol–water partition coefficient (Wildman–Crippen LogP) is 3.77. The first kappa shape index (κ1) is 8.31. The molecule has 0 heteroatoms. The van der Waals surface area contributed by atoms with Gasteiger partial charge >= 0.3 is 0 Å². The van der Waals surface area contributed by atoms with Crippen LogP contribution in [0.2, 0.25) is 0 Å². The van der Waals surface area contributed by atoms with E-state index in [1.54, 1.807) is 0 Å². The standard InChI is InChI=1S/C13H14/c1-9-4-5-13-11(3)6-10(2)8-12(13)7-9/h4-8H,1-3H3. The van der Waals surface area contributed by atoms with Crippen LogP contribution in [0.1, 0.15) is 16.7 Å². The summed E-state index contributed by atoms with van der Waals surface area (Å²) in [7, 11) is 0. The summed E-state index contributed by atoms with van der Waals surface area (Å²) in [6.45, 7) is 6.45. The molecule has 0 bridgehead atoms. The molecule has 2 aromatic rings. The maximum atomic E-state index is 2.25. The van der Waals surface area contributed by atoms with Gasteiger partial charge in [-0.05, 0) is 37.1 Å². The molecule has 0 saturated heterocycles. The van der Waals surface area contributed by atoms with E-state index in [1.165, 1.54) is 27.5 Å². The third kappa shape index (κ3) is 1.44. The molecule has 0 spiro atoms. The number of benzene rings is 2. The number of hydrogen-bond acceptors (Lipinski definition) is 0. The molecule has 0 amide bonds. The van der Waals surface area contributed by atoms with Crippen LogP contribution in [0, 0.1) is 20.8 Å². The van der Waals surface area contributed by atoms with Gasteiger partial charge in [0.25, 0.3) is 0 Å². The summed E-state index contributed by atoms with van der Waals surface area (Å²) in [5, 5.41) is 2.73. The molecule has 0 aliphatic rings. The molecular formula is C13H14. The van der Waals surface area contributed by atoms with Gasteiger partial charge in [-0.3, -0.25) is 0 Å². The van der Waals surface area contributed by atoms with Gasteiger partial charge in [0.1, 0.15) is 0 Å². The van der Waals surface area contributed by atoms with Crippen molar-refractivity contribution in [2.75, 3.05) is 0 Å². The van der Waals surface area contributed by atoms with Crippen LogP contribution in [0.5, 0.6) is 0 Å². The highest BCUT2D eigenvalue weighted by atomic mass is 14.0. The van der Waals surface area contributed by atoms with E-state index in [4.69, 9.17) is 0 Å². The highest BCUT2D eigenvalue weighted by Crippen LogP contribution is 2.21. The minimum absolute atomic E-state index is 1.33. The van der Waals surface area contributed by atoms with Crippen LogP contribution in [0.25, 0.3) is 10.8 Å². The third-order valence-corrected chi connectivity index (χ3v) is 2.46. The zero-order chi connectivity index (χ0) is 9.42. The van der Waals surface area contributed by atoms with Crippen molar-refractivity contribution in [3.8, 4) is 0 Å². The second-order valence-corrected chi connectivity index (χ2v) is 3.81. The minimum Gasteiger partial charge on any atom is -0.0587 e. The van der Waals surface area contributed by atoms with Crippen molar-refractivity contribution in [2.45, 2.75) is 20.8 Å². The Morgan fingerprint density at radius 1 is 0.769 bits per heavy atom.